The Labute approximate surface area is 86.0 Å². The summed E-state index contributed by atoms with van der Waals surface area (Å²) in [6, 6.07) is 0. The monoisotopic (exact) mass is 196 g/mol. The van der Waals surface area contributed by atoms with Crippen LogP contribution >= 0.6 is 0 Å². The maximum atomic E-state index is 9.49. The maximum Gasteiger partial charge on any atom is 0.182 e. The molecule has 0 saturated heterocycles. The van der Waals surface area contributed by atoms with Gasteiger partial charge in [0.25, 0.3) is 0 Å². The first-order valence-corrected chi connectivity index (χ1v) is 5.50. The van der Waals surface area contributed by atoms with Crippen LogP contribution in [0.4, 0.5) is 0 Å². The summed E-state index contributed by atoms with van der Waals surface area (Å²) in [7, 11) is 0. The van der Waals surface area contributed by atoms with Gasteiger partial charge >= 0.3 is 0 Å². The highest BCUT2D eigenvalue weighted by Gasteiger charge is 2.17. The molecule has 0 saturated carbocycles. The van der Waals surface area contributed by atoms with E-state index in [4.69, 9.17) is 0 Å². The van der Waals surface area contributed by atoms with Gasteiger partial charge in [0.15, 0.2) is 5.79 Å². The lowest BCUT2D eigenvalue weighted by Gasteiger charge is -2.17. The van der Waals surface area contributed by atoms with E-state index in [-0.39, 0.29) is 0 Å². The lowest BCUT2D eigenvalue weighted by Crippen LogP contribution is -2.24. The highest BCUT2D eigenvalue weighted by Crippen LogP contribution is 2.16. The van der Waals surface area contributed by atoms with Gasteiger partial charge in [0.05, 0.1) is 0 Å². The molecule has 1 aliphatic rings. The summed E-state index contributed by atoms with van der Waals surface area (Å²) >= 11 is 0. The van der Waals surface area contributed by atoms with Crippen LogP contribution in [0.15, 0.2) is 24.3 Å². The van der Waals surface area contributed by atoms with Crippen molar-refractivity contribution in [3.8, 4) is 0 Å². The average molecular weight is 196 g/mol. The van der Waals surface area contributed by atoms with Crippen molar-refractivity contribution in [2.24, 2.45) is 0 Å². The molecule has 2 N–H and O–H groups in total. The van der Waals surface area contributed by atoms with E-state index in [1.807, 2.05) is 6.08 Å². The zero-order valence-corrected chi connectivity index (χ0v) is 8.65. The molecule has 0 atom stereocenters. The third kappa shape index (κ3) is 5.20. The van der Waals surface area contributed by atoms with Crippen LogP contribution in [0.3, 0.4) is 0 Å². The van der Waals surface area contributed by atoms with Crippen LogP contribution in [-0.2, 0) is 0 Å². The fourth-order valence-corrected chi connectivity index (χ4v) is 1.65. The van der Waals surface area contributed by atoms with Crippen molar-refractivity contribution in [2.75, 3.05) is 0 Å². The molecule has 0 aromatic heterocycles. The summed E-state index contributed by atoms with van der Waals surface area (Å²) in [5, 5.41) is 19.0. The van der Waals surface area contributed by atoms with Crippen LogP contribution in [0.2, 0.25) is 0 Å². The average Bonchev–Trinajstić information content (AvgIpc) is 2.11. The largest absolute Gasteiger partial charge is 0.362 e. The van der Waals surface area contributed by atoms with E-state index < -0.39 is 5.79 Å². The minimum absolute atomic E-state index is 0.442. The molecule has 0 spiro atoms. The van der Waals surface area contributed by atoms with Gasteiger partial charge in [-0.05, 0) is 25.3 Å². The van der Waals surface area contributed by atoms with Gasteiger partial charge < -0.3 is 10.2 Å². The SMILES string of the molecule is OC1(O)/C=C\C=C/CCCCCCC1. The highest BCUT2D eigenvalue weighted by atomic mass is 16.5. The first-order chi connectivity index (χ1) is 6.71. The van der Waals surface area contributed by atoms with Gasteiger partial charge in [0, 0.05) is 6.42 Å². The van der Waals surface area contributed by atoms with Gasteiger partial charge in [0.2, 0.25) is 0 Å². The quantitative estimate of drug-likeness (QED) is 0.584. The number of aliphatic hydroxyl groups is 2. The van der Waals surface area contributed by atoms with Crippen LogP contribution in [0, 0.1) is 0 Å². The number of hydrogen-bond donors (Lipinski definition) is 2. The van der Waals surface area contributed by atoms with Crippen LogP contribution < -0.4 is 0 Å². The molecule has 14 heavy (non-hydrogen) atoms. The van der Waals surface area contributed by atoms with Gasteiger partial charge in [0.1, 0.15) is 0 Å². The van der Waals surface area contributed by atoms with E-state index in [0.717, 1.165) is 19.3 Å². The maximum absolute atomic E-state index is 9.49. The van der Waals surface area contributed by atoms with E-state index in [9.17, 15) is 10.2 Å². The van der Waals surface area contributed by atoms with Gasteiger partial charge in [-0.2, -0.15) is 0 Å². The molecule has 0 bridgehead atoms. The Morgan fingerprint density at radius 1 is 0.857 bits per heavy atom. The molecule has 2 nitrogen and oxygen atoms in total. The zero-order chi connectivity index (χ0) is 10.3. The summed E-state index contributed by atoms with van der Waals surface area (Å²) in [5.74, 6) is -1.61. The van der Waals surface area contributed by atoms with E-state index >= 15 is 0 Å². The normalized spacial score (nSPS) is 28.4. The fraction of sp³-hybridized carbons (Fsp3) is 0.667. The molecule has 0 aliphatic heterocycles. The molecule has 0 aromatic rings. The van der Waals surface area contributed by atoms with Gasteiger partial charge in [-0.15, -0.1) is 0 Å². The minimum atomic E-state index is -1.61. The van der Waals surface area contributed by atoms with Crippen molar-refractivity contribution in [1.82, 2.24) is 0 Å². The van der Waals surface area contributed by atoms with Crippen LogP contribution in [-0.4, -0.2) is 16.0 Å². The summed E-state index contributed by atoms with van der Waals surface area (Å²) in [4.78, 5) is 0. The van der Waals surface area contributed by atoms with E-state index in [1.54, 1.807) is 6.08 Å². The molecule has 0 radical (unpaired) electrons. The minimum Gasteiger partial charge on any atom is -0.362 e. The van der Waals surface area contributed by atoms with Gasteiger partial charge in [-0.3, -0.25) is 0 Å². The van der Waals surface area contributed by atoms with Crippen molar-refractivity contribution in [3.63, 3.8) is 0 Å². The van der Waals surface area contributed by atoms with Crippen molar-refractivity contribution in [1.29, 1.82) is 0 Å². The first-order valence-electron chi connectivity index (χ1n) is 5.50. The van der Waals surface area contributed by atoms with E-state index in [2.05, 4.69) is 6.08 Å². The number of hydrogen-bond acceptors (Lipinski definition) is 2. The van der Waals surface area contributed by atoms with Gasteiger partial charge in [-0.25, -0.2) is 0 Å². The molecule has 0 amide bonds. The zero-order valence-electron chi connectivity index (χ0n) is 8.65. The van der Waals surface area contributed by atoms with Crippen molar-refractivity contribution in [2.45, 2.75) is 50.7 Å². The number of allylic oxidation sites excluding steroid dienone is 3. The topological polar surface area (TPSA) is 40.5 Å². The molecule has 0 unspecified atom stereocenters. The standard InChI is InChI=1S/C12H20O2/c13-12(14)10-8-6-4-2-1-3-5-7-9-11-12/h4,6,8,10,13-14H,1-3,5,7,9,11H2/b6-4-,10-8-. The molecular formula is C12H20O2. The Hall–Kier alpha value is -0.600. The molecule has 1 rings (SSSR count). The second-order valence-corrected chi connectivity index (χ2v) is 3.97. The summed E-state index contributed by atoms with van der Waals surface area (Å²) in [5.41, 5.74) is 0. The molecule has 2 heteroatoms. The lowest BCUT2D eigenvalue weighted by atomic mass is 10.0. The smallest absolute Gasteiger partial charge is 0.182 e. The number of rotatable bonds is 0. The van der Waals surface area contributed by atoms with Crippen LogP contribution in [0.5, 0.6) is 0 Å². The second kappa shape index (κ2) is 5.99. The Morgan fingerprint density at radius 2 is 1.57 bits per heavy atom. The van der Waals surface area contributed by atoms with Crippen molar-refractivity contribution < 1.29 is 10.2 Å². The summed E-state index contributed by atoms with van der Waals surface area (Å²) in [6.45, 7) is 0. The highest BCUT2D eigenvalue weighted by molar-refractivity contribution is 5.06. The lowest BCUT2D eigenvalue weighted by molar-refractivity contribution is -0.124. The Balaban J connectivity index is 2.47. The third-order valence-electron chi connectivity index (χ3n) is 2.53. The Kier molecular flexibility index (Phi) is 4.91. The summed E-state index contributed by atoms with van der Waals surface area (Å²) < 4.78 is 0. The predicted molar refractivity (Wildman–Crippen MR) is 57.8 cm³/mol. The van der Waals surface area contributed by atoms with E-state index in [0.29, 0.717) is 6.42 Å². The van der Waals surface area contributed by atoms with Crippen LogP contribution in [0.1, 0.15) is 44.9 Å². The molecule has 0 aromatic carbocycles. The second-order valence-electron chi connectivity index (χ2n) is 3.97. The predicted octanol–water partition coefficient (Wildman–Crippen LogP) is 2.52. The fourth-order valence-electron chi connectivity index (χ4n) is 1.65. The molecule has 80 valence electrons. The van der Waals surface area contributed by atoms with Crippen molar-refractivity contribution in [3.05, 3.63) is 24.3 Å². The molecule has 1 aliphatic carbocycles. The Morgan fingerprint density at radius 3 is 2.43 bits per heavy atom. The molecular weight excluding hydrogens is 176 g/mol. The first kappa shape index (κ1) is 11.5. The third-order valence-corrected chi connectivity index (χ3v) is 2.53. The Bertz CT molecular complexity index is 204. The molecule has 0 fully saturated rings. The van der Waals surface area contributed by atoms with Crippen LogP contribution in [0.25, 0.3) is 0 Å². The van der Waals surface area contributed by atoms with E-state index in [1.165, 1.54) is 25.3 Å². The van der Waals surface area contributed by atoms with Gasteiger partial charge in [-0.1, -0.05) is 37.5 Å². The van der Waals surface area contributed by atoms with Crippen molar-refractivity contribution >= 4 is 0 Å². The molecule has 0 heterocycles. The summed E-state index contributed by atoms with van der Waals surface area (Å²) in [6.07, 6.45) is 14.4.